The Balaban J connectivity index is 2.01. The fourth-order valence-electron chi connectivity index (χ4n) is 1.88. The number of hydrogen-bond donors (Lipinski definition) is 0. The van der Waals surface area contributed by atoms with Crippen LogP contribution in [0.1, 0.15) is 16.7 Å². The van der Waals surface area contributed by atoms with E-state index < -0.39 is 0 Å². The van der Waals surface area contributed by atoms with Gasteiger partial charge in [-0.25, -0.2) is 4.99 Å². The zero-order valence-corrected chi connectivity index (χ0v) is 13.2. The Labute approximate surface area is 125 Å². The first kappa shape index (κ1) is 14.7. The molecule has 0 amide bonds. The number of aryl methyl sites for hydroxylation is 3. The van der Waals surface area contributed by atoms with Crippen molar-refractivity contribution in [3.63, 3.8) is 0 Å². The average Bonchev–Trinajstić information content (AvgIpc) is 2.40. The third-order valence-electron chi connectivity index (χ3n) is 2.98. The highest BCUT2D eigenvalue weighted by molar-refractivity contribution is 7.97. The SMILES string of the molecule is Cc1ccc(SN(C)C=Nc2ccc(C)cc2C)cc1. The first-order chi connectivity index (χ1) is 9.54. The molecular formula is C17H20N2S. The van der Waals surface area contributed by atoms with Gasteiger partial charge in [0, 0.05) is 11.9 Å². The Morgan fingerprint density at radius 3 is 2.25 bits per heavy atom. The van der Waals surface area contributed by atoms with Gasteiger partial charge < -0.3 is 4.31 Å². The van der Waals surface area contributed by atoms with Crippen molar-refractivity contribution in [2.45, 2.75) is 25.7 Å². The van der Waals surface area contributed by atoms with Gasteiger partial charge in [-0.1, -0.05) is 35.4 Å². The largest absolute Gasteiger partial charge is 0.306 e. The second kappa shape index (κ2) is 6.62. The van der Waals surface area contributed by atoms with Gasteiger partial charge in [-0.3, -0.25) is 0 Å². The summed E-state index contributed by atoms with van der Waals surface area (Å²) in [6.07, 6.45) is 1.86. The van der Waals surface area contributed by atoms with Crippen LogP contribution in [0.5, 0.6) is 0 Å². The third-order valence-corrected chi connectivity index (χ3v) is 3.85. The van der Waals surface area contributed by atoms with E-state index in [0.717, 1.165) is 5.69 Å². The van der Waals surface area contributed by atoms with Gasteiger partial charge in [-0.15, -0.1) is 0 Å². The Kier molecular flexibility index (Phi) is 4.85. The molecule has 0 unspecified atom stereocenters. The minimum atomic E-state index is 1.02. The molecule has 0 aliphatic rings. The summed E-state index contributed by atoms with van der Waals surface area (Å²) in [7, 11) is 2.01. The van der Waals surface area contributed by atoms with E-state index in [2.05, 4.69) is 68.2 Å². The molecule has 2 aromatic rings. The normalized spacial score (nSPS) is 11.0. The van der Waals surface area contributed by atoms with Crippen LogP contribution in [0, 0.1) is 20.8 Å². The summed E-state index contributed by atoms with van der Waals surface area (Å²) in [6.45, 7) is 6.28. The maximum Gasteiger partial charge on any atom is 0.101 e. The van der Waals surface area contributed by atoms with Gasteiger partial charge in [0.05, 0.1) is 5.69 Å². The van der Waals surface area contributed by atoms with E-state index in [9.17, 15) is 0 Å². The molecule has 0 spiro atoms. The maximum absolute atomic E-state index is 4.54. The number of hydrogen-bond acceptors (Lipinski definition) is 2. The minimum Gasteiger partial charge on any atom is -0.306 e. The van der Waals surface area contributed by atoms with E-state index in [0.29, 0.717) is 0 Å². The van der Waals surface area contributed by atoms with Gasteiger partial charge in [0.25, 0.3) is 0 Å². The summed E-state index contributed by atoms with van der Waals surface area (Å²) in [5.41, 5.74) is 4.77. The highest BCUT2D eigenvalue weighted by atomic mass is 32.2. The smallest absolute Gasteiger partial charge is 0.101 e. The maximum atomic E-state index is 4.54. The topological polar surface area (TPSA) is 15.6 Å². The molecule has 0 saturated carbocycles. The van der Waals surface area contributed by atoms with Gasteiger partial charge in [-0.05, 0) is 56.5 Å². The molecule has 0 aromatic heterocycles. The molecule has 0 heterocycles. The van der Waals surface area contributed by atoms with Gasteiger partial charge in [-0.2, -0.15) is 0 Å². The summed E-state index contributed by atoms with van der Waals surface area (Å²) < 4.78 is 2.02. The zero-order valence-electron chi connectivity index (χ0n) is 12.4. The molecule has 3 heteroatoms. The zero-order chi connectivity index (χ0) is 14.5. The lowest BCUT2D eigenvalue weighted by Gasteiger charge is -2.12. The van der Waals surface area contributed by atoms with Crippen LogP contribution in [-0.2, 0) is 0 Å². The molecule has 0 radical (unpaired) electrons. The first-order valence-electron chi connectivity index (χ1n) is 6.63. The Morgan fingerprint density at radius 1 is 0.950 bits per heavy atom. The first-order valence-corrected chi connectivity index (χ1v) is 7.41. The van der Waals surface area contributed by atoms with Crippen molar-refractivity contribution < 1.29 is 0 Å². The monoisotopic (exact) mass is 284 g/mol. The standard InChI is InChI=1S/C17H20N2S/c1-13-5-8-16(9-6-13)20-19(4)12-18-17-10-7-14(2)11-15(17)3/h5-12H,1-4H3. The second-order valence-corrected chi connectivity index (χ2v) is 6.21. The molecule has 0 aliphatic heterocycles. The van der Waals surface area contributed by atoms with Crippen molar-refractivity contribution in [1.82, 2.24) is 4.31 Å². The molecule has 0 fully saturated rings. The fourth-order valence-corrected chi connectivity index (χ4v) is 2.57. The van der Waals surface area contributed by atoms with Gasteiger partial charge >= 0.3 is 0 Å². The van der Waals surface area contributed by atoms with Crippen molar-refractivity contribution in [3.8, 4) is 0 Å². The molecule has 0 bridgehead atoms. The van der Waals surface area contributed by atoms with Crippen LogP contribution in [0.2, 0.25) is 0 Å². The quantitative estimate of drug-likeness (QED) is 0.450. The van der Waals surface area contributed by atoms with Crippen molar-refractivity contribution in [3.05, 3.63) is 59.2 Å². The predicted molar refractivity (Wildman–Crippen MR) is 88.9 cm³/mol. The third kappa shape index (κ3) is 4.14. The van der Waals surface area contributed by atoms with E-state index in [4.69, 9.17) is 0 Å². The number of nitrogens with zero attached hydrogens (tertiary/aromatic N) is 2. The predicted octanol–water partition coefficient (Wildman–Crippen LogP) is 4.91. The van der Waals surface area contributed by atoms with Gasteiger partial charge in [0.1, 0.15) is 6.34 Å². The summed E-state index contributed by atoms with van der Waals surface area (Å²) >= 11 is 1.66. The van der Waals surface area contributed by atoms with Crippen molar-refractivity contribution in [1.29, 1.82) is 0 Å². The molecule has 2 aromatic carbocycles. The summed E-state index contributed by atoms with van der Waals surface area (Å²) in [5.74, 6) is 0. The molecule has 0 N–H and O–H groups in total. The molecule has 20 heavy (non-hydrogen) atoms. The second-order valence-electron chi connectivity index (χ2n) is 4.99. The number of aliphatic imine (C=N–C) groups is 1. The summed E-state index contributed by atoms with van der Waals surface area (Å²) in [4.78, 5) is 5.75. The van der Waals surface area contributed by atoms with E-state index >= 15 is 0 Å². The van der Waals surface area contributed by atoms with Crippen molar-refractivity contribution in [2.75, 3.05) is 7.05 Å². The number of rotatable bonds is 4. The highest BCUT2D eigenvalue weighted by Crippen LogP contribution is 2.22. The van der Waals surface area contributed by atoms with Crippen molar-refractivity contribution in [2.24, 2.45) is 4.99 Å². The average molecular weight is 284 g/mol. The fraction of sp³-hybridized carbons (Fsp3) is 0.235. The molecule has 2 rings (SSSR count). The molecule has 2 nitrogen and oxygen atoms in total. The summed E-state index contributed by atoms with van der Waals surface area (Å²) in [6, 6.07) is 14.8. The Bertz CT molecular complexity index is 603. The van der Waals surface area contributed by atoms with Crippen LogP contribution in [-0.4, -0.2) is 17.7 Å². The Morgan fingerprint density at radius 2 is 1.60 bits per heavy atom. The lowest BCUT2D eigenvalue weighted by molar-refractivity contribution is 0.869. The highest BCUT2D eigenvalue weighted by Gasteiger charge is 1.99. The van der Waals surface area contributed by atoms with Crippen LogP contribution in [0.3, 0.4) is 0 Å². The lowest BCUT2D eigenvalue weighted by Crippen LogP contribution is -2.04. The van der Waals surface area contributed by atoms with Crippen LogP contribution in [0.4, 0.5) is 5.69 Å². The van der Waals surface area contributed by atoms with E-state index in [-0.39, 0.29) is 0 Å². The van der Waals surface area contributed by atoms with E-state index in [1.165, 1.54) is 21.6 Å². The molecule has 0 atom stereocenters. The van der Waals surface area contributed by atoms with Crippen LogP contribution < -0.4 is 0 Å². The van der Waals surface area contributed by atoms with Crippen LogP contribution >= 0.6 is 11.9 Å². The lowest BCUT2D eigenvalue weighted by atomic mass is 10.1. The molecule has 0 saturated heterocycles. The van der Waals surface area contributed by atoms with E-state index in [1.54, 1.807) is 11.9 Å². The van der Waals surface area contributed by atoms with Crippen LogP contribution in [0.25, 0.3) is 0 Å². The summed E-state index contributed by atoms with van der Waals surface area (Å²) in [5, 5.41) is 0. The molecule has 104 valence electrons. The van der Waals surface area contributed by atoms with Crippen molar-refractivity contribution >= 4 is 24.0 Å². The Hall–Kier alpha value is -1.74. The molecular weight excluding hydrogens is 264 g/mol. The minimum absolute atomic E-state index is 1.02. The van der Waals surface area contributed by atoms with Crippen LogP contribution in [0.15, 0.2) is 52.4 Å². The molecule has 0 aliphatic carbocycles. The van der Waals surface area contributed by atoms with Gasteiger partial charge in [0.15, 0.2) is 0 Å². The van der Waals surface area contributed by atoms with E-state index in [1.807, 2.05) is 17.7 Å². The van der Waals surface area contributed by atoms with Gasteiger partial charge in [0.2, 0.25) is 0 Å². The number of benzene rings is 2.